The van der Waals surface area contributed by atoms with Gasteiger partial charge in [-0.05, 0) is 31.4 Å². The lowest BCUT2D eigenvalue weighted by molar-refractivity contribution is 0.0789. The molecule has 20 heavy (non-hydrogen) atoms. The van der Waals surface area contributed by atoms with Crippen LogP contribution in [0.5, 0.6) is 0 Å². The van der Waals surface area contributed by atoms with Crippen LogP contribution in [0, 0.1) is 0 Å². The quantitative estimate of drug-likeness (QED) is 0.838. The van der Waals surface area contributed by atoms with E-state index in [0.29, 0.717) is 12.0 Å². The zero-order valence-corrected chi connectivity index (χ0v) is 12.7. The summed E-state index contributed by atoms with van der Waals surface area (Å²) in [6, 6.07) is 6.58. The van der Waals surface area contributed by atoms with Gasteiger partial charge >= 0.3 is 0 Å². The Morgan fingerprint density at radius 3 is 2.50 bits per heavy atom. The molecule has 0 atom stereocenters. The van der Waals surface area contributed by atoms with Crippen molar-refractivity contribution in [3.63, 3.8) is 0 Å². The Morgan fingerprint density at radius 1 is 1.20 bits per heavy atom. The van der Waals surface area contributed by atoms with Gasteiger partial charge in [-0.15, -0.1) is 0 Å². The normalized spacial score (nSPS) is 15.6. The van der Waals surface area contributed by atoms with Gasteiger partial charge in [0.1, 0.15) is 0 Å². The summed E-state index contributed by atoms with van der Waals surface area (Å²) in [6.45, 7) is 3.40. The third-order valence-corrected chi connectivity index (χ3v) is 5.46. The Bertz CT molecular complexity index is 575. The number of rotatable bonds is 5. The van der Waals surface area contributed by atoms with Crippen molar-refractivity contribution >= 4 is 15.7 Å². The van der Waals surface area contributed by atoms with Crippen LogP contribution in [0.3, 0.4) is 0 Å². The topological polar surface area (TPSA) is 54.5 Å². The third kappa shape index (κ3) is 3.20. The van der Waals surface area contributed by atoms with Gasteiger partial charge in [-0.2, -0.15) is 0 Å². The minimum Gasteiger partial charge on any atom is -0.339 e. The van der Waals surface area contributed by atoms with Crippen LogP contribution in [-0.2, 0) is 9.84 Å². The minimum atomic E-state index is -3.38. The largest absolute Gasteiger partial charge is 0.339 e. The maximum absolute atomic E-state index is 12.4. The van der Waals surface area contributed by atoms with Gasteiger partial charge in [0, 0.05) is 13.1 Å². The van der Waals surface area contributed by atoms with E-state index in [-0.39, 0.29) is 16.6 Å². The second kappa shape index (κ2) is 6.39. The van der Waals surface area contributed by atoms with Gasteiger partial charge in [0.15, 0.2) is 9.84 Å². The van der Waals surface area contributed by atoms with E-state index in [1.165, 1.54) is 0 Å². The standard InChI is InChI=1S/C15H21NO3S/c1-2-3-12-20(18,19)14-9-5-4-8-13(14)15(17)16-10-6-7-11-16/h4-5,8-9H,2-3,6-7,10-12H2,1H3. The molecule has 1 aromatic rings. The van der Waals surface area contributed by atoms with E-state index in [1.807, 2.05) is 6.92 Å². The number of carbonyl (C=O) groups is 1. The van der Waals surface area contributed by atoms with E-state index < -0.39 is 9.84 Å². The van der Waals surface area contributed by atoms with Crippen LogP contribution >= 0.6 is 0 Å². The summed E-state index contributed by atoms with van der Waals surface area (Å²) < 4.78 is 24.7. The average Bonchev–Trinajstić information content (AvgIpc) is 2.98. The Kier molecular flexibility index (Phi) is 4.81. The van der Waals surface area contributed by atoms with Crippen molar-refractivity contribution in [2.75, 3.05) is 18.8 Å². The zero-order valence-electron chi connectivity index (χ0n) is 11.8. The fraction of sp³-hybridized carbons (Fsp3) is 0.533. The molecule has 4 nitrogen and oxygen atoms in total. The van der Waals surface area contributed by atoms with Crippen LogP contribution in [0.25, 0.3) is 0 Å². The molecule has 0 radical (unpaired) electrons. The molecule has 0 spiro atoms. The van der Waals surface area contributed by atoms with Crippen LogP contribution in [0.4, 0.5) is 0 Å². The maximum atomic E-state index is 12.4. The fourth-order valence-electron chi connectivity index (χ4n) is 2.45. The Morgan fingerprint density at radius 2 is 1.85 bits per heavy atom. The van der Waals surface area contributed by atoms with Crippen molar-refractivity contribution in [3.05, 3.63) is 29.8 Å². The molecule has 0 bridgehead atoms. The highest BCUT2D eigenvalue weighted by Gasteiger charge is 2.26. The van der Waals surface area contributed by atoms with Crippen molar-refractivity contribution < 1.29 is 13.2 Å². The van der Waals surface area contributed by atoms with Crippen LogP contribution in [0.1, 0.15) is 43.0 Å². The number of amides is 1. The molecule has 0 unspecified atom stereocenters. The SMILES string of the molecule is CCCCS(=O)(=O)c1ccccc1C(=O)N1CCCC1. The van der Waals surface area contributed by atoms with E-state index in [4.69, 9.17) is 0 Å². The third-order valence-electron chi connectivity index (χ3n) is 3.61. The highest BCUT2D eigenvalue weighted by Crippen LogP contribution is 2.21. The van der Waals surface area contributed by atoms with Crippen molar-refractivity contribution in [1.82, 2.24) is 4.90 Å². The van der Waals surface area contributed by atoms with Gasteiger partial charge in [0.2, 0.25) is 0 Å². The number of unbranched alkanes of at least 4 members (excludes halogenated alkanes) is 1. The summed E-state index contributed by atoms with van der Waals surface area (Å²) in [5, 5.41) is 0. The van der Waals surface area contributed by atoms with Gasteiger partial charge < -0.3 is 4.90 Å². The van der Waals surface area contributed by atoms with Crippen molar-refractivity contribution in [1.29, 1.82) is 0 Å². The molecule has 1 saturated heterocycles. The van der Waals surface area contributed by atoms with E-state index in [2.05, 4.69) is 0 Å². The van der Waals surface area contributed by atoms with Crippen LogP contribution in [-0.4, -0.2) is 38.1 Å². The first-order valence-corrected chi connectivity index (χ1v) is 8.82. The van der Waals surface area contributed by atoms with Crippen molar-refractivity contribution in [3.8, 4) is 0 Å². The van der Waals surface area contributed by atoms with Gasteiger partial charge in [-0.1, -0.05) is 25.5 Å². The number of hydrogen-bond acceptors (Lipinski definition) is 3. The molecule has 2 rings (SSSR count). The van der Waals surface area contributed by atoms with E-state index in [0.717, 1.165) is 32.4 Å². The lowest BCUT2D eigenvalue weighted by Gasteiger charge is -2.17. The van der Waals surface area contributed by atoms with E-state index in [1.54, 1.807) is 29.2 Å². The van der Waals surface area contributed by atoms with Crippen molar-refractivity contribution in [2.45, 2.75) is 37.5 Å². The molecule has 0 aromatic heterocycles. The van der Waals surface area contributed by atoms with Crippen LogP contribution in [0.2, 0.25) is 0 Å². The summed E-state index contributed by atoms with van der Waals surface area (Å²) in [6.07, 6.45) is 3.43. The molecule has 1 aliphatic rings. The summed E-state index contributed by atoms with van der Waals surface area (Å²) in [7, 11) is -3.38. The first-order valence-electron chi connectivity index (χ1n) is 7.17. The zero-order chi connectivity index (χ0) is 14.6. The van der Waals surface area contributed by atoms with Gasteiger partial charge in [0.05, 0.1) is 16.2 Å². The first kappa shape index (κ1) is 15.0. The first-order chi connectivity index (χ1) is 9.56. The average molecular weight is 295 g/mol. The molecular weight excluding hydrogens is 274 g/mol. The Balaban J connectivity index is 2.32. The Labute approximate surface area is 120 Å². The molecule has 5 heteroatoms. The molecule has 0 aliphatic carbocycles. The maximum Gasteiger partial charge on any atom is 0.255 e. The molecule has 0 N–H and O–H groups in total. The number of benzene rings is 1. The second-order valence-corrected chi connectivity index (χ2v) is 7.25. The molecule has 1 aromatic carbocycles. The summed E-state index contributed by atoms with van der Waals surface area (Å²) in [5.74, 6) is -0.0495. The molecule has 1 heterocycles. The van der Waals surface area contributed by atoms with Gasteiger partial charge in [0.25, 0.3) is 5.91 Å². The summed E-state index contributed by atoms with van der Waals surface area (Å²) in [5.41, 5.74) is 0.325. The van der Waals surface area contributed by atoms with E-state index >= 15 is 0 Å². The van der Waals surface area contributed by atoms with Crippen LogP contribution in [0.15, 0.2) is 29.2 Å². The lowest BCUT2D eigenvalue weighted by Crippen LogP contribution is -2.29. The highest BCUT2D eigenvalue weighted by atomic mass is 32.2. The number of sulfone groups is 1. The molecular formula is C15H21NO3S. The predicted molar refractivity (Wildman–Crippen MR) is 78.5 cm³/mol. The van der Waals surface area contributed by atoms with Crippen molar-refractivity contribution in [2.24, 2.45) is 0 Å². The fourth-order valence-corrected chi connectivity index (χ4v) is 4.11. The second-order valence-electron chi connectivity index (χ2n) is 5.17. The number of likely N-dealkylation sites (tertiary alicyclic amines) is 1. The van der Waals surface area contributed by atoms with Gasteiger partial charge in [-0.3, -0.25) is 4.79 Å². The minimum absolute atomic E-state index is 0.105. The molecule has 110 valence electrons. The number of carbonyl (C=O) groups excluding carboxylic acids is 1. The van der Waals surface area contributed by atoms with Gasteiger partial charge in [-0.25, -0.2) is 8.42 Å². The monoisotopic (exact) mass is 295 g/mol. The number of hydrogen-bond donors (Lipinski definition) is 0. The predicted octanol–water partition coefficient (Wildman–Crippen LogP) is 2.50. The summed E-state index contributed by atoms with van der Waals surface area (Å²) >= 11 is 0. The highest BCUT2D eigenvalue weighted by molar-refractivity contribution is 7.91. The molecule has 1 amide bonds. The van der Waals surface area contributed by atoms with Crippen LogP contribution < -0.4 is 0 Å². The smallest absolute Gasteiger partial charge is 0.255 e. The lowest BCUT2D eigenvalue weighted by atomic mass is 10.2. The Hall–Kier alpha value is -1.36. The number of nitrogens with zero attached hydrogens (tertiary/aromatic N) is 1. The molecule has 1 fully saturated rings. The molecule has 1 aliphatic heterocycles. The summed E-state index contributed by atoms with van der Waals surface area (Å²) in [4.78, 5) is 14.4. The van der Waals surface area contributed by atoms with E-state index in [9.17, 15) is 13.2 Å². The molecule has 0 saturated carbocycles.